The number of rotatable bonds is 11. The van der Waals surface area contributed by atoms with Crippen LogP contribution in [0.15, 0.2) is 0 Å². The van der Waals surface area contributed by atoms with Crippen molar-refractivity contribution < 1.29 is 14.3 Å². The summed E-state index contributed by atoms with van der Waals surface area (Å²) in [5, 5.41) is 5.16. The topological polar surface area (TPSA) is 93.4 Å². The van der Waals surface area contributed by atoms with E-state index in [0.29, 0.717) is 19.7 Å². The van der Waals surface area contributed by atoms with Gasteiger partial charge in [-0.1, -0.05) is 26.2 Å². The van der Waals surface area contributed by atoms with Crippen LogP contribution in [0.1, 0.15) is 45.4 Å². The molecule has 6 heteroatoms. The molecule has 0 radical (unpaired) electrons. The summed E-state index contributed by atoms with van der Waals surface area (Å²) in [6.07, 6.45) is 5.91. The Balaban J connectivity index is 3.36. The summed E-state index contributed by atoms with van der Waals surface area (Å²) in [7, 11) is 0. The highest BCUT2D eigenvalue weighted by Crippen LogP contribution is 1.96. The lowest BCUT2D eigenvalue weighted by Crippen LogP contribution is -2.39. The zero-order valence-electron chi connectivity index (χ0n) is 11.9. The lowest BCUT2D eigenvalue weighted by Gasteiger charge is -2.07. The fourth-order valence-electron chi connectivity index (χ4n) is 1.42. The van der Waals surface area contributed by atoms with Crippen LogP contribution in [-0.4, -0.2) is 38.2 Å². The summed E-state index contributed by atoms with van der Waals surface area (Å²) in [5.41, 5.74) is 5.38. The number of nitrogens with one attached hydrogen (secondary N) is 2. The molecule has 0 aliphatic heterocycles. The Labute approximate surface area is 115 Å². The van der Waals surface area contributed by atoms with Gasteiger partial charge in [-0.15, -0.1) is 0 Å². The molecular formula is C13H27N3O3. The molecule has 0 aliphatic carbocycles. The highest BCUT2D eigenvalue weighted by molar-refractivity contribution is 5.80. The van der Waals surface area contributed by atoms with Crippen molar-refractivity contribution in [2.24, 2.45) is 5.73 Å². The second kappa shape index (κ2) is 13.1. The fourth-order valence-corrected chi connectivity index (χ4v) is 1.42. The smallest absolute Gasteiger partial charge is 0.325 e. The van der Waals surface area contributed by atoms with Gasteiger partial charge in [-0.05, 0) is 25.8 Å². The molecule has 0 fully saturated rings. The molecule has 0 rings (SSSR count). The molecule has 0 aromatic carbocycles. The second-order valence-corrected chi connectivity index (χ2v) is 4.39. The molecule has 0 bridgehead atoms. The van der Waals surface area contributed by atoms with Crippen LogP contribution in [0.3, 0.4) is 0 Å². The lowest BCUT2D eigenvalue weighted by molar-refractivity contribution is -0.142. The first-order valence-corrected chi connectivity index (χ1v) is 7.08. The molecule has 4 N–H and O–H groups in total. The van der Waals surface area contributed by atoms with E-state index in [0.717, 1.165) is 38.5 Å². The van der Waals surface area contributed by atoms with Crippen molar-refractivity contribution in [1.29, 1.82) is 0 Å². The van der Waals surface area contributed by atoms with Crippen molar-refractivity contribution in [2.45, 2.75) is 45.4 Å². The number of hydrogen-bond acceptors (Lipinski definition) is 4. The van der Waals surface area contributed by atoms with Crippen LogP contribution >= 0.6 is 0 Å². The van der Waals surface area contributed by atoms with Crippen molar-refractivity contribution >= 4 is 12.0 Å². The molecular weight excluding hydrogens is 246 g/mol. The molecule has 0 aromatic heterocycles. The van der Waals surface area contributed by atoms with Gasteiger partial charge in [-0.2, -0.15) is 0 Å². The first-order valence-electron chi connectivity index (χ1n) is 7.08. The Bertz CT molecular complexity index is 247. The third-order valence-corrected chi connectivity index (χ3v) is 2.57. The maximum atomic E-state index is 11.3. The Morgan fingerprint density at radius 3 is 2.47 bits per heavy atom. The monoisotopic (exact) mass is 273 g/mol. The van der Waals surface area contributed by atoms with Gasteiger partial charge in [0.25, 0.3) is 0 Å². The molecule has 19 heavy (non-hydrogen) atoms. The van der Waals surface area contributed by atoms with Crippen LogP contribution in [0.4, 0.5) is 4.79 Å². The van der Waals surface area contributed by atoms with E-state index in [9.17, 15) is 9.59 Å². The largest absolute Gasteiger partial charge is 0.464 e. The molecule has 0 unspecified atom stereocenters. The third-order valence-electron chi connectivity index (χ3n) is 2.57. The molecule has 0 saturated carbocycles. The SMILES string of the molecule is CCCCOC(=O)CNC(=O)NCCCCCCN. The van der Waals surface area contributed by atoms with E-state index >= 15 is 0 Å². The number of ether oxygens (including phenoxy) is 1. The van der Waals surface area contributed by atoms with Gasteiger partial charge >= 0.3 is 12.0 Å². The van der Waals surface area contributed by atoms with Gasteiger partial charge in [0.05, 0.1) is 6.61 Å². The van der Waals surface area contributed by atoms with E-state index in [2.05, 4.69) is 10.6 Å². The predicted molar refractivity (Wildman–Crippen MR) is 74.8 cm³/mol. The van der Waals surface area contributed by atoms with Gasteiger partial charge < -0.3 is 21.1 Å². The number of amides is 2. The molecule has 0 spiro atoms. The van der Waals surface area contributed by atoms with Crippen molar-refractivity contribution in [3.8, 4) is 0 Å². The molecule has 0 heterocycles. The van der Waals surface area contributed by atoms with Gasteiger partial charge in [-0.3, -0.25) is 4.79 Å². The summed E-state index contributed by atoms with van der Waals surface area (Å²) < 4.78 is 4.91. The van der Waals surface area contributed by atoms with Crippen molar-refractivity contribution in [2.75, 3.05) is 26.2 Å². The van der Waals surface area contributed by atoms with E-state index in [1.165, 1.54) is 0 Å². The number of carbonyl (C=O) groups excluding carboxylic acids is 2. The first kappa shape index (κ1) is 17.7. The highest BCUT2D eigenvalue weighted by atomic mass is 16.5. The van der Waals surface area contributed by atoms with Gasteiger partial charge in [-0.25, -0.2) is 4.79 Å². The van der Waals surface area contributed by atoms with Crippen LogP contribution < -0.4 is 16.4 Å². The first-order chi connectivity index (χ1) is 9.20. The quantitative estimate of drug-likeness (QED) is 0.389. The summed E-state index contributed by atoms with van der Waals surface area (Å²) in [6, 6.07) is -0.328. The van der Waals surface area contributed by atoms with Crippen molar-refractivity contribution in [3.63, 3.8) is 0 Å². The van der Waals surface area contributed by atoms with E-state index < -0.39 is 5.97 Å². The highest BCUT2D eigenvalue weighted by Gasteiger charge is 2.05. The molecule has 0 aromatic rings. The number of hydrogen-bond donors (Lipinski definition) is 3. The number of nitrogens with two attached hydrogens (primary N) is 1. The molecule has 0 atom stereocenters. The summed E-state index contributed by atoms with van der Waals surface area (Å²) >= 11 is 0. The van der Waals surface area contributed by atoms with E-state index in [1.54, 1.807) is 0 Å². The van der Waals surface area contributed by atoms with Gasteiger partial charge in [0, 0.05) is 6.54 Å². The molecule has 0 saturated heterocycles. The van der Waals surface area contributed by atoms with Gasteiger partial charge in [0.15, 0.2) is 0 Å². The van der Waals surface area contributed by atoms with Crippen LogP contribution in [0.2, 0.25) is 0 Å². The minimum Gasteiger partial charge on any atom is -0.464 e. The number of carbonyl (C=O) groups is 2. The molecule has 6 nitrogen and oxygen atoms in total. The average molecular weight is 273 g/mol. The predicted octanol–water partition coefficient (Wildman–Crippen LogP) is 1.15. The second-order valence-electron chi connectivity index (χ2n) is 4.39. The zero-order chi connectivity index (χ0) is 14.3. The molecule has 112 valence electrons. The standard InChI is InChI=1S/C13H27N3O3/c1-2-3-10-19-12(17)11-16-13(18)15-9-7-5-4-6-8-14/h2-11,14H2,1H3,(H2,15,16,18). The minimum absolute atomic E-state index is 0.0806. The summed E-state index contributed by atoms with van der Waals surface area (Å²) in [5.74, 6) is -0.397. The van der Waals surface area contributed by atoms with Crippen LogP contribution in [0.25, 0.3) is 0 Å². The Kier molecular flexibility index (Phi) is 12.2. The van der Waals surface area contributed by atoms with Crippen LogP contribution in [-0.2, 0) is 9.53 Å². The Hall–Kier alpha value is -1.30. The Morgan fingerprint density at radius 2 is 1.79 bits per heavy atom. The van der Waals surface area contributed by atoms with E-state index in [4.69, 9.17) is 10.5 Å². The van der Waals surface area contributed by atoms with Crippen LogP contribution in [0.5, 0.6) is 0 Å². The normalized spacial score (nSPS) is 10.0. The maximum absolute atomic E-state index is 11.3. The summed E-state index contributed by atoms with van der Waals surface area (Å²) in [6.45, 7) is 3.69. The lowest BCUT2D eigenvalue weighted by atomic mass is 10.2. The van der Waals surface area contributed by atoms with Gasteiger partial charge in [0.1, 0.15) is 6.54 Å². The number of esters is 1. The number of urea groups is 1. The fraction of sp³-hybridized carbons (Fsp3) is 0.846. The van der Waals surface area contributed by atoms with E-state index in [-0.39, 0.29) is 12.6 Å². The molecule has 2 amide bonds. The van der Waals surface area contributed by atoms with Gasteiger partial charge in [0.2, 0.25) is 0 Å². The number of unbranched alkanes of at least 4 members (excludes halogenated alkanes) is 4. The van der Waals surface area contributed by atoms with Crippen LogP contribution in [0, 0.1) is 0 Å². The average Bonchev–Trinajstić information content (AvgIpc) is 2.40. The molecule has 0 aliphatic rings. The maximum Gasteiger partial charge on any atom is 0.325 e. The van der Waals surface area contributed by atoms with E-state index in [1.807, 2.05) is 6.92 Å². The Morgan fingerprint density at radius 1 is 1.05 bits per heavy atom. The zero-order valence-corrected chi connectivity index (χ0v) is 11.9. The summed E-state index contributed by atoms with van der Waals surface area (Å²) in [4.78, 5) is 22.5. The third kappa shape index (κ3) is 12.9. The minimum atomic E-state index is -0.397. The van der Waals surface area contributed by atoms with Crippen molar-refractivity contribution in [3.05, 3.63) is 0 Å². The van der Waals surface area contributed by atoms with Crippen molar-refractivity contribution in [1.82, 2.24) is 10.6 Å².